The molecule has 7 nitrogen and oxygen atoms in total. The molecule has 4 rings (SSSR count). The Kier molecular flexibility index (Phi) is 5.11. The Morgan fingerprint density at radius 2 is 1.93 bits per heavy atom. The molecule has 3 aromatic rings. The molecule has 1 fully saturated rings. The molecule has 0 spiro atoms. The Morgan fingerprint density at radius 3 is 2.57 bits per heavy atom. The van der Waals surface area contributed by atoms with E-state index in [1.54, 1.807) is 31.1 Å². The van der Waals surface area contributed by atoms with Gasteiger partial charge in [0.05, 0.1) is 10.4 Å². The molecule has 2 heterocycles. The van der Waals surface area contributed by atoms with E-state index in [-0.39, 0.29) is 26.6 Å². The molecule has 0 radical (unpaired) electrons. The van der Waals surface area contributed by atoms with Crippen LogP contribution in [0.1, 0.15) is 17.0 Å². The molecular formula is C20H19ClFN3O4S. The number of carbonyl (C=O) groups is 1. The fraction of sp³-hybridized carbons (Fsp3) is 0.250. The highest BCUT2D eigenvalue weighted by atomic mass is 35.5. The van der Waals surface area contributed by atoms with Gasteiger partial charge < -0.3 is 14.2 Å². The molecule has 1 aliphatic heterocycles. The second-order valence-corrected chi connectivity index (χ2v) is 9.29. The van der Waals surface area contributed by atoms with Crippen LogP contribution in [0.3, 0.4) is 0 Å². The molecule has 158 valence electrons. The fourth-order valence-electron chi connectivity index (χ4n) is 3.15. The third-order valence-corrected chi connectivity index (χ3v) is 6.78. The molecule has 1 saturated heterocycles. The summed E-state index contributed by atoms with van der Waals surface area (Å²) < 4.78 is 47.3. The van der Waals surface area contributed by atoms with Crippen LogP contribution in [0.4, 0.5) is 15.8 Å². The Bertz CT molecular complexity index is 1250. The number of nitrogens with zero attached hydrogens (tertiary/aromatic N) is 2. The maximum absolute atomic E-state index is 14.5. The number of fused-ring (bicyclic) bond motifs is 1. The Hall–Kier alpha value is -2.78. The lowest BCUT2D eigenvalue weighted by Crippen LogP contribution is -2.36. The average Bonchev–Trinajstić information content (AvgIpc) is 3.05. The normalized spacial score (nSPS) is 13.9. The summed E-state index contributed by atoms with van der Waals surface area (Å²) in [5.41, 5.74) is 1.43. The summed E-state index contributed by atoms with van der Waals surface area (Å²) >= 11 is 6.04. The lowest BCUT2D eigenvalue weighted by atomic mass is 10.1. The summed E-state index contributed by atoms with van der Waals surface area (Å²) in [5, 5.41) is 0.0743. The van der Waals surface area contributed by atoms with Gasteiger partial charge in [-0.15, -0.1) is 0 Å². The summed E-state index contributed by atoms with van der Waals surface area (Å²) in [5.74, 6) is -1.86. The van der Waals surface area contributed by atoms with Gasteiger partial charge in [-0.05, 0) is 30.7 Å². The van der Waals surface area contributed by atoms with Crippen molar-refractivity contribution in [1.29, 1.82) is 0 Å². The average molecular weight is 452 g/mol. The van der Waals surface area contributed by atoms with Crippen molar-refractivity contribution in [1.82, 2.24) is 4.72 Å². The zero-order valence-corrected chi connectivity index (χ0v) is 17.8. The van der Waals surface area contributed by atoms with E-state index in [0.29, 0.717) is 11.4 Å². The zero-order valence-electron chi connectivity index (χ0n) is 16.3. The number of anilines is 2. The van der Waals surface area contributed by atoms with E-state index in [4.69, 9.17) is 16.0 Å². The second-order valence-electron chi connectivity index (χ2n) is 7.23. The number of halogens is 2. The quantitative estimate of drug-likeness (QED) is 0.638. The molecule has 0 aliphatic carbocycles. The van der Waals surface area contributed by atoms with E-state index in [1.807, 2.05) is 9.62 Å². The fourth-order valence-corrected chi connectivity index (χ4v) is 4.63. The van der Waals surface area contributed by atoms with E-state index in [1.165, 1.54) is 24.3 Å². The number of furan rings is 1. The van der Waals surface area contributed by atoms with E-state index < -0.39 is 21.7 Å². The molecule has 0 atom stereocenters. The van der Waals surface area contributed by atoms with Crippen LogP contribution < -0.4 is 14.5 Å². The van der Waals surface area contributed by atoms with Gasteiger partial charge >= 0.3 is 5.91 Å². The van der Waals surface area contributed by atoms with E-state index in [9.17, 15) is 17.6 Å². The molecule has 0 bridgehead atoms. The Balaban J connectivity index is 1.64. The van der Waals surface area contributed by atoms with Crippen LogP contribution in [0.2, 0.25) is 5.02 Å². The van der Waals surface area contributed by atoms with Crippen LogP contribution in [0.25, 0.3) is 11.0 Å². The first kappa shape index (κ1) is 20.5. The zero-order chi connectivity index (χ0) is 21.6. The van der Waals surface area contributed by atoms with Crippen molar-refractivity contribution in [3.05, 3.63) is 53.0 Å². The lowest BCUT2D eigenvalue weighted by molar-refractivity contribution is 0.0956. The summed E-state index contributed by atoms with van der Waals surface area (Å²) in [6.45, 7) is 1.65. The number of nitrogens with one attached hydrogen (secondary N) is 1. The number of hydrogen-bond donors (Lipinski definition) is 1. The van der Waals surface area contributed by atoms with Gasteiger partial charge in [0.1, 0.15) is 16.3 Å². The van der Waals surface area contributed by atoms with Crippen LogP contribution in [0, 0.1) is 5.82 Å². The maximum Gasteiger partial charge on any atom is 0.300 e. The highest BCUT2D eigenvalue weighted by molar-refractivity contribution is 7.90. The second kappa shape index (κ2) is 7.48. The summed E-state index contributed by atoms with van der Waals surface area (Å²) in [6, 6.07) is 8.65. The van der Waals surface area contributed by atoms with E-state index in [2.05, 4.69) is 0 Å². The molecule has 0 unspecified atom stereocenters. The summed E-state index contributed by atoms with van der Waals surface area (Å²) in [6.07, 6.45) is 1.03. The third kappa shape index (κ3) is 3.70. The number of sulfonamides is 1. The van der Waals surface area contributed by atoms with Crippen molar-refractivity contribution in [3.63, 3.8) is 0 Å². The van der Waals surface area contributed by atoms with Crippen molar-refractivity contribution in [3.8, 4) is 0 Å². The topological polar surface area (TPSA) is 82.9 Å². The number of hydrogen-bond acceptors (Lipinski definition) is 6. The van der Waals surface area contributed by atoms with Gasteiger partial charge in [0.2, 0.25) is 0 Å². The monoisotopic (exact) mass is 451 g/mol. The lowest BCUT2D eigenvalue weighted by Gasteiger charge is -2.33. The number of amides is 1. The highest BCUT2D eigenvalue weighted by Crippen LogP contribution is 2.31. The van der Waals surface area contributed by atoms with Gasteiger partial charge in [-0.25, -0.2) is 17.5 Å². The standard InChI is InChI=1S/C20H19ClFN3O4S/c1-24(2)12-4-5-15(21)19(10-12)30(27,28)23-20(26)18-11-14-16(22)8-13(9-17(14)29-18)25-6-3-7-25/h4-5,8-11H,3,6-7H2,1-2H3,(H,23,26). The Morgan fingerprint density at radius 1 is 1.20 bits per heavy atom. The molecule has 1 amide bonds. The van der Waals surface area contributed by atoms with Crippen LogP contribution in [0.5, 0.6) is 0 Å². The van der Waals surface area contributed by atoms with Gasteiger partial charge in [-0.1, -0.05) is 11.6 Å². The van der Waals surface area contributed by atoms with Crippen molar-refractivity contribution in [2.45, 2.75) is 11.3 Å². The molecule has 2 aromatic carbocycles. The summed E-state index contributed by atoms with van der Waals surface area (Å²) in [7, 11) is -0.787. The molecule has 30 heavy (non-hydrogen) atoms. The van der Waals surface area contributed by atoms with Gasteiger partial charge in [-0.3, -0.25) is 4.79 Å². The minimum absolute atomic E-state index is 0.0317. The first-order chi connectivity index (χ1) is 14.2. The van der Waals surface area contributed by atoms with Crippen molar-refractivity contribution < 1.29 is 22.0 Å². The van der Waals surface area contributed by atoms with Crippen LogP contribution in [-0.4, -0.2) is 41.5 Å². The number of benzene rings is 2. The number of rotatable bonds is 5. The largest absolute Gasteiger partial charge is 0.451 e. The molecule has 1 aromatic heterocycles. The predicted molar refractivity (Wildman–Crippen MR) is 113 cm³/mol. The first-order valence-electron chi connectivity index (χ1n) is 9.18. The first-order valence-corrected chi connectivity index (χ1v) is 11.0. The SMILES string of the molecule is CN(C)c1ccc(Cl)c(S(=O)(=O)NC(=O)c2cc3c(F)cc(N4CCC4)cc3o2)c1. The highest BCUT2D eigenvalue weighted by Gasteiger charge is 2.25. The van der Waals surface area contributed by atoms with Crippen molar-refractivity contribution in [2.24, 2.45) is 0 Å². The van der Waals surface area contributed by atoms with Gasteiger partial charge in [0.25, 0.3) is 10.0 Å². The summed E-state index contributed by atoms with van der Waals surface area (Å²) in [4.78, 5) is 16.0. The maximum atomic E-state index is 14.5. The van der Waals surface area contributed by atoms with Gasteiger partial charge in [0, 0.05) is 50.7 Å². The van der Waals surface area contributed by atoms with Crippen molar-refractivity contribution in [2.75, 3.05) is 37.0 Å². The van der Waals surface area contributed by atoms with Gasteiger partial charge in [-0.2, -0.15) is 0 Å². The Labute approximate surface area is 178 Å². The molecule has 10 heteroatoms. The van der Waals surface area contributed by atoms with Crippen molar-refractivity contribution >= 4 is 49.9 Å². The predicted octanol–water partition coefficient (Wildman–Crippen LogP) is 3.62. The molecule has 0 saturated carbocycles. The molecule has 1 N–H and O–H groups in total. The third-order valence-electron chi connectivity index (χ3n) is 4.96. The molecular weight excluding hydrogens is 433 g/mol. The molecule has 1 aliphatic rings. The van der Waals surface area contributed by atoms with E-state index in [0.717, 1.165) is 19.5 Å². The van der Waals surface area contributed by atoms with Crippen LogP contribution in [-0.2, 0) is 10.0 Å². The van der Waals surface area contributed by atoms with Crippen LogP contribution in [0.15, 0.2) is 45.7 Å². The van der Waals surface area contributed by atoms with Gasteiger partial charge in [0.15, 0.2) is 5.76 Å². The minimum atomic E-state index is -4.28. The van der Waals surface area contributed by atoms with E-state index >= 15 is 0 Å². The minimum Gasteiger partial charge on any atom is -0.451 e. The smallest absolute Gasteiger partial charge is 0.300 e. The number of carbonyl (C=O) groups excluding carboxylic acids is 1. The van der Waals surface area contributed by atoms with Crippen LogP contribution >= 0.6 is 11.6 Å².